The maximum atomic E-state index is 13.8. The molecular weight excluding hydrogens is 612 g/mol. The van der Waals surface area contributed by atoms with Crippen molar-refractivity contribution in [3.8, 4) is 10.4 Å². The molecule has 0 radical (unpaired) electrons. The first kappa shape index (κ1) is 38.6. The summed E-state index contributed by atoms with van der Waals surface area (Å²) in [5.41, 5.74) is 4.34. The minimum Gasteiger partial charge on any atom is -0.460 e. The molecule has 0 unspecified atom stereocenters. The molecule has 1 aliphatic rings. The number of unbranched alkanes of at least 4 members (excludes halogenated alkanes) is 6. The molecule has 9 nitrogen and oxygen atoms in total. The molecule has 1 fully saturated rings. The van der Waals surface area contributed by atoms with Crippen LogP contribution in [0.2, 0.25) is 0 Å². The van der Waals surface area contributed by atoms with Gasteiger partial charge in [0, 0.05) is 25.9 Å². The van der Waals surface area contributed by atoms with Crippen molar-refractivity contribution in [2.45, 2.75) is 136 Å². The van der Waals surface area contributed by atoms with Crippen LogP contribution < -0.4 is 10.6 Å². The lowest BCUT2D eigenvalue weighted by Crippen LogP contribution is -2.56. The van der Waals surface area contributed by atoms with Gasteiger partial charge in [-0.25, -0.2) is 4.98 Å². The average Bonchev–Trinajstić information content (AvgIpc) is 3.59. The predicted octanol–water partition coefficient (Wildman–Crippen LogP) is 6.21. The number of carbonyl (C=O) groups excluding carboxylic acids is 3. The van der Waals surface area contributed by atoms with Crippen molar-refractivity contribution in [1.82, 2.24) is 20.5 Å². The largest absolute Gasteiger partial charge is 0.460 e. The summed E-state index contributed by atoms with van der Waals surface area (Å²) in [4.78, 5) is 46.0. The SMILES string of the molecule is Cc1ncsc1-c1ccc(CCNC(=O)[C@@H]2C[C@@H](O)CN2C(=O)[C@@H](NCCCCCCCCCC(=O)OC(C)(C)C)C(C)(C)C)cc1. The third-order valence-electron chi connectivity index (χ3n) is 8.48. The van der Waals surface area contributed by atoms with Crippen LogP contribution in [-0.4, -0.2) is 76.2 Å². The molecular formula is C37H58N4O5S. The van der Waals surface area contributed by atoms with Gasteiger partial charge < -0.3 is 25.4 Å². The summed E-state index contributed by atoms with van der Waals surface area (Å²) in [6.07, 6.45) is 7.90. The van der Waals surface area contributed by atoms with E-state index in [-0.39, 0.29) is 36.2 Å². The number of hydrogen-bond acceptors (Lipinski definition) is 8. The number of nitrogens with one attached hydrogen (secondary N) is 2. The Kier molecular flexibility index (Phi) is 14.9. The molecule has 262 valence electrons. The van der Waals surface area contributed by atoms with E-state index in [4.69, 9.17) is 4.74 Å². The van der Waals surface area contributed by atoms with Gasteiger partial charge in [0.2, 0.25) is 11.8 Å². The molecule has 0 bridgehead atoms. The zero-order valence-corrected chi connectivity index (χ0v) is 30.5. The van der Waals surface area contributed by atoms with Crippen LogP contribution in [0.5, 0.6) is 0 Å². The van der Waals surface area contributed by atoms with Crippen LogP contribution in [0.1, 0.15) is 111 Å². The molecule has 0 aliphatic carbocycles. The van der Waals surface area contributed by atoms with E-state index < -0.39 is 23.8 Å². The minimum atomic E-state index is -0.720. The highest BCUT2D eigenvalue weighted by Crippen LogP contribution is 2.28. The number of aromatic nitrogens is 1. The van der Waals surface area contributed by atoms with Gasteiger partial charge in [-0.1, -0.05) is 77.1 Å². The van der Waals surface area contributed by atoms with Crippen molar-refractivity contribution < 1.29 is 24.2 Å². The molecule has 10 heteroatoms. The number of amides is 2. The van der Waals surface area contributed by atoms with Crippen LogP contribution in [0.25, 0.3) is 10.4 Å². The molecule has 0 saturated carbocycles. The number of ether oxygens (including phenoxy) is 1. The zero-order chi connectivity index (χ0) is 34.6. The quantitative estimate of drug-likeness (QED) is 0.135. The number of aliphatic hydroxyl groups is 1. The molecule has 47 heavy (non-hydrogen) atoms. The van der Waals surface area contributed by atoms with Crippen LogP contribution in [0.4, 0.5) is 0 Å². The van der Waals surface area contributed by atoms with Gasteiger partial charge in [0.05, 0.1) is 28.2 Å². The molecule has 3 rings (SSSR count). The maximum Gasteiger partial charge on any atom is 0.306 e. The maximum absolute atomic E-state index is 13.8. The van der Waals surface area contributed by atoms with Crippen molar-refractivity contribution in [3.63, 3.8) is 0 Å². The molecule has 3 N–H and O–H groups in total. The highest BCUT2D eigenvalue weighted by atomic mass is 32.1. The summed E-state index contributed by atoms with van der Waals surface area (Å²) < 4.78 is 5.36. The van der Waals surface area contributed by atoms with Gasteiger partial charge in [0.25, 0.3) is 0 Å². The van der Waals surface area contributed by atoms with Crippen molar-refractivity contribution in [2.75, 3.05) is 19.6 Å². The van der Waals surface area contributed by atoms with Crippen LogP contribution in [-0.2, 0) is 25.5 Å². The van der Waals surface area contributed by atoms with Gasteiger partial charge in [0.15, 0.2) is 0 Å². The molecule has 3 atom stereocenters. The standard InChI is InChI=1S/C37H58N4O5S/c1-26-32(47-25-40-26)28-18-16-27(17-19-28)20-22-39-34(44)30-23-29(42)24-41(30)35(45)33(36(2,3)4)38-21-14-12-10-8-9-11-13-15-31(43)46-37(5,6)7/h16-19,25,29-30,33,38,42H,8-15,20-24H2,1-7H3,(H,39,44)/t29-,30+,33-/m1/s1. The Hall–Kier alpha value is -2.82. The second-order valence-corrected chi connectivity index (χ2v) is 15.8. The van der Waals surface area contributed by atoms with Gasteiger partial charge in [0.1, 0.15) is 11.6 Å². The number of likely N-dealkylation sites (tertiary alicyclic amines) is 1. The average molecular weight is 671 g/mol. The highest BCUT2D eigenvalue weighted by molar-refractivity contribution is 7.13. The van der Waals surface area contributed by atoms with E-state index in [1.807, 2.05) is 54.0 Å². The smallest absolute Gasteiger partial charge is 0.306 e. The second kappa shape index (κ2) is 18.1. The molecule has 2 heterocycles. The van der Waals surface area contributed by atoms with E-state index in [0.717, 1.165) is 66.6 Å². The lowest BCUT2D eigenvalue weighted by molar-refractivity contribution is -0.155. The summed E-state index contributed by atoms with van der Waals surface area (Å²) in [7, 11) is 0. The Labute approximate surface area is 286 Å². The fraction of sp³-hybridized carbons (Fsp3) is 0.676. The Morgan fingerprint density at radius 2 is 1.62 bits per heavy atom. The third-order valence-corrected chi connectivity index (χ3v) is 9.46. The molecule has 2 amide bonds. The number of β-amino-alcohol motifs (C(OH)–C–C–N with tert-alkyl or cyclic N) is 1. The Bertz CT molecular complexity index is 1280. The number of aliphatic hydroxyl groups excluding tert-OH is 1. The van der Waals surface area contributed by atoms with Crippen LogP contribution >= 0.6 is 11.3 Å². The monoisotopic (exact) mass is 670 g/mol. The first-order valence-electron chi connectivity index (χ1n) is 17.4. The minimum absolute atomic E-state index is 0.123. The number of nitrogens with zero attached hydrogens (tertiary/aromatic N) is 2. The zero-order valence-electron chi connectivity index (χ0n) is 29.7. The normalized spacial score (nSPS) is 17.5. The summed E-state index contributed by atoms with van der Waals surface area (Å²) in [5, 5.41) is 17.0. The van der Waals surface area contributed by atoms with Gasteiger partial charge in [-0.05, 0) is 70.0 Å². The van der Waals surface area contributed by atoms with E-state index in [1.165, 1.54) is 0 Å². The lowest BCUT2D eigenvalue weighted by Gasteiger charge is -2.35. The topological polar surface area (TPSA) is 121 Å². The third kappa shape index (κ3) is 13.0. The van der Waals surface area contributed by atoms with Crippen molar-refractivity contribution in [2.24, 2.45) is 5.41 Å². The molecule has 0 spiro atoms. The molecule has 1 aliphatic heterocycles. The van der Waals surface area contributed by atoms with E-state index in [1.54, 1.807) is 16.2 Å². The molecule has 1 aromatic heterocycles. The molecule has 1 aromatic carbocycles. The van der Waals surface area contributed by atoms with Crippen molar-refractivity contribution in [1.29, 1.82) is 0 Å². The van der Waals surface area contributed by atoms with E-state index in [2.05, 4.69) is 39.9 Å². The Balaban J connectivity index is 1.40. The Morgan fingerprint density at radius 1 is 0.979 bits per heavy atom. The number of hydrogen-bond donors (Lipinski definition) is 3. The summed E-state index contributed by atoms with van der Waals surface area (Å²) in [6.45, 7) is 15.1. The second-order valence-electron chi connectivity index (χ2n) is 15.0. The van der Waals surface area contributed by atoms with Crippen LogP contribution in [0.3, 0.4) is 0 Å². The van der Waals surface area contributed by atoms with Gasteiger partial charge >= 0.3 is 5.97 Å². The number of benzene rings is 1. The van der Waals surface area contributed by atoms with Gasteiger partial charge in [-0.2, -0.15) is 0 Å². The number of rotatable bonds is 17. The van der Waals surface area contributed by atoms with Crippen LogP contribution in [0, 0.1) is 12.3 Å². The fourth-order valence-electron chi connectivity index (χ4n) is 6.00. The predicted molar refractivity (Wildman–Crippen MR) is 189 cm³/mol. The fourth-order valence-corrected chi connectivity index (χ4v) is 6.81. The van der Waals surface area contributed by atoms with E-state index in [9.17, 15) is 19.5 Å². The molecule has 1 saturated heterocycles. The highest BCUT2D eigenvalue weighted by Gasteiger charge is 2.43. The molecule has 2 aromatic rings. The van der Waals surface area contributed by atoms with Gasteiger partial charge in [-0.15, -0.1) is 11.3 Å². The van der Waals surface area contributed by atoms with E-state index >= 15 is 0 Å². The Morgan fingerprint density at radius 3 is 2.21 bits per heavy atom. The van der Waals surface area contributed by atoms with Gasteiger partial charge in [-0.3, -0.25) is 14.4 Å². The number of esters is 1. The first-order chi connectivity index (χ1) is 22.2. The van der Waals surface area contributed by atoms with E-state index in [0.29, 0.717) is 25.9 Å². The van der Waals surface area contributed by atoms with Crippen molar-refractivity contribution >= 4 is 29.1 Å². The summed E-state index contributed by atoms with van der Waals surface area (Å²) in [5.74, 6) is -0.471. The number of thiazole rings is 1. The van der Waals surface area contributed by atoms with Crippen molar-refractivity contribution in [3.05, 3.63) is 41.0 Å². The summed E-state index contributed by atoms with van der Waals surface area (Å²) >= 11 is 1.63. The number of aryl methyl sites for hydroxylation is 1. The number of carbonyl (C=O) groups is 3. The van der Waals surface area contributed by atoms with Crippen LogP contribution in [0.15, 0.2) is 29.8 Å². The summed E-state index contributed by atoms with van der Waals surface area (Å²) in [6, 6.07) is 7.17. The lowest BCUT2D eigenvalue weighted by atomic mass is 9.85. The first-order valence-corrected chi connectivity index (χ1v) is 18.2.